The maximum absolute atomic E-state index is 12.0. The van der Waals surface area contributed by atoms with Crippen LogP contribution in [-0.2, 0) is 4.74 Å². The lowest BCUT2D eigenvalue weighted by molar-refractivity contribution is 0.0972. The van der Waals surface area contributed by atoms with Gasteiger partial charge in [0.15, 0.2) is 5.78 Å². The van der Waals surface area contributed by atoms with E-state index < -0.39 is 0 Å². The van der Waals surface area contributed by atoms with Gasteiger partial charge in [0.05, 0.1) is 6.10 Å². The summed E-state index contributed by atoms with van der Waals surface area (Å²) in [5.74, 6) is 0.152. The Balaban J connectivity index is 1.62. The van der Waals surface area contributed by atoms with E-state index in [1.54, 1.807) is 0 Å². The lowest BCUT2D eigenvalue weighted by atomic mass is 10.0. The Bertz CT molecular complexity index is 534. The molecule has 0 aromatic heterocycles. The molecule has 2 nitrogen and oxygen atoms in total. The van der Waals surface area contributed by atoms with Gasteiger partial charge >= 0.3 is 0 Å². The fraction of sp³-hybridized carbons (Fsp3) is 0.188. The van der Waals surface area contributed by atoms with E-state index in [2.05, 4.69) is 0 Å². The Morgan fingerprint density at radius 3 is 2.22 bits per heavy atom. The number of epoxide rings is 1. The van der Waals surface area contributed by atoms with E-state index in [1.165, 1.54) is 0 Å². The van der Waals surface area contributed by atoms with Crippen LogP contribution in [-0.4, -0.2) is 11.9 Å². The smallest absolute Gasteiger partial charge is 0.165 e. The number of hydrogen-bond donors (Lipinski definition) is 0. The van der Waals surface area contributed by atoms with Crippen molar-refractivity contribution in [2.45, 2.75) is 18.6 Å². The first-order valence-corrected chi connectivity index (χ1v) is 6.13. The van der Waals surface area contributed by atoms with Gasteiger partial charge in [-0.2, -0.15) is 0 Å². The first-order chi connectivity index (χ1) is 8.84. The Hall–Kier alpha value is -1.93. The van der Waals surface area contributed by atoms with Crippen LogP contribution in [0.4, 0.5) is 0 Å². The second kappa shape index (κ2) is 4.75. The third-order valence-corrected chi connectivity index (χ3v) is 3.19. The van der Waals surface area contributed by atoms with Crippen molar-refractivity contribution in [2.75, 3.05) is 0 Å². The molecule has 1 saturated heterocycles. The number of carbonyl (C=O) groups is 1. The summed E-state index contributed by atoms with van der Waals surface area (Å²) < 4.78 is 5.57. The van der Waals surface area contributed by atoms with Crippen molar-refractivity contribution in [1.29, 1.82) is 0 Å². The predicted octanol–water partition coefficient (Wildman–Crippen LogP) is 3.40. The number of Topliss-reactive ketones (excluding diaryl/α,β-unsaturated/α-hetero) is 1. The van der Waals surface area contributed by atoms with Crippen molar-refractivity contribution in [3.05, 3.63) is 71.8 Å². The molecular weight excluding hydrogens is 224 g/mol. The van der Waals surface area contributed by atoms with Gasteiger partial charge in [0.1, 0.15) is 6.10 Å². The number of ketones is 1. The maximum atomic E-state index is 12.0. The van der Waals surface area contributed by atoms with Gasteiger partial charge in [0, 0.05) is 12.0 Å². The second-order valence-electron chi connectivity index (χ2n) is 4.50. The molecule has 2 atom stereocenters. The predicted molar refractivity (Wildman–Crippen MR) is 69.4 cm³/mol. The molecule has 90 valence electrons. The van der Waals surface area contributed by atoms with Crippen LogP contribution < -0.4 is 0 Å². The minimum absolute atomic E-state index is 0.0418. The van der Waals surface area contributed by atoms with Gasteiger partial charge in [-0.05, 0) is 5.56 Å². The van der Waals surface area contributed by atoms with Gasteiger partial charge in [-0.1, -0.05) is 60.7 Å². The molecule has 1 fully saturated rings. The summed E-state index contributed by atoms with van der Waals surface area (Å²) in [6.07, 6.45) is 0.600. The van der Waals surface area contributed by atoms with Crippen molar-refractivity contribution in [1.82, 2.24) is 0 Å². The molecule has 2 aromatic carbocycles. The van der Waals surface area contributed by atoms with E-state index >= 15 is 0 Å². The summed E-state index contributed by atoms with van der Waals surface area (Å²) in [5, 5.41) is 0. The Morgan fingerprint density at radius 2 is 1.56 bits per heavy atom. The van der Waals surface area contributed by atoms with Crippen LogP contribution in [0.1, 0.15) is 28.4 Å². The largest absolute Gasteiger partial charge is 0.364 e. The topological polar surface area (TPSA) is 29.6 Å². The summed E-state index contributed by atoms with van der Waals surface area (Å²) in [4.78, 5) is 12.0. The normalized spacial score (nSPS) is 21.6. The van der Waals surface area contributed by atoms with Crippen molar-refractivity contribution in [3.8, 4) is 0 Å². The lowest BCUT2D eigenvalue weighted by Gasteiger charge is -1.98. The van der Waals surface area contributed by atoms with Crippen LogP contribution in [0, 0.1) is 0 Å². The summed E-state index contributed by atoms with van der Waals surface area (Å²) in [7, 11) is 0. The Kier molecular flexibility index (Phi) is 2.95. The molecule has 0 amide bonds. The highest BCUT2D eigenvalue weighted by Gasteiger charge is 2.41. The first kappa shape index (κ1) is 11.2. The number of benzene rings is 2. The standard InChI is InChI=1S/C16H14O2/c17-14(12-7-3-1-4-8-12)11-15-16(18-15)13-9-5-2-6-10-13/h1-10,15-16H,11H2/t15-,16-/m1/s1. The highest BCUT2D eigenvalue weighted by atomic mass is 16.6. The molecule has 0 spiro atoms. The van der Waals surface area contributed by atoms with Gasteiger partial charge in [0.2, 0.25) is 0 Å². The molecule has 0 unspecified atom stereocenters. The molecule has 0 aliphatic carbocycles. The molecule has 0 saturated carbocycles. The number of hydrogen-bond acceptors (Lipinski definition) is 2. The van der Waals surface area contributed by atoms with Crippen LogP contribution in [0.25, 0.3) is 0 Å². The highest BCUT2D eigenvalue weighted by Crippen LogP contribution is 2.41. The zero-order valence-electron chi connectivity index (χ0n) is 9.95. The van der Waals surface area contributed by atoms with Gasteiger partial charge in [-0.3, -0.25) is 4.79 Å². The van der Waals surface area contributed by atoms with E-state index in [0.717, 1.165) is 11.1 Å². The molecule has 1 heterocycles. The average Bonchev–Trinajstić information content (AvgIpc) is 3.20. The zero-order chi connectivity index (χ0) is 12.4. The quantitative estimate of drug-likeness (QED) is 0.603. The third-order valence-electron chi connectivity index (χ3n) is 3.19. The summed E-state index contributed by atoms with van der Waals surface area (Å²) in [6, 6.07) is 19.4. The monoisotopic (exact) mass is 238 g/mol. The van der Waals surface area contributed by atoms with Crippen LogP contribution in [0.5, 0.6) is 0 Å². The average molecular weight is 238 g/mol. The Labute approximate surface area is 106 Å². The van der Waals surface area contributed by atoms with E-state index in [9.17, 15) is 4.79 Å². The van der Waals surface area contributed by atoms with Crippen LogP contribution in [0.3, 0.4) is 0 Å². The van der Waals surface area contributed by atoms with Crippen LogP contribution in [0.15, 0.2) is 60.7 Å². The molecule has 0 bridgehead atoms. The fourth-order valence-electron chi connectivity index (χ4n) is 2.16. The highest BCUT2D eigenvalue weighted by molar-refractivity contribution is 5.96. The molecule has 0 radical (unpaired) electrons. The number of carbonyl (C=O) groups excluding carboxylic acids is 1. The summed E-state index contributed by atoms with van der Waals surface area (Å²) >= 11 is 0. The molecule has 1 aliphatic rings. The summed E-state index contributed by atoms with van der Waals surface area (Å²) in [6.45, 7) is 0. The van der Waals surface area contributed by atoms with Crippen molar-refractivity contribution in [2.24, 2.45) is 0 Å². The number of rotatable bonds is 4. The van der Waals surface area contributed by atoms with Crippen molar-refractivity contribution in [3.63, 3.8) is 0 Å². The van der Waals surface area contributed by atoms with Crippen LogP contribution in [0.2, 0.25) is 0 Å². The molecule has 1 aliphatic heterocycles. The third kappa shape index (κ3) is 2.34. The molecule has 2 aromatic rings. The van der Waals surface area contributed by atoms with E-state index in [1.807, 2.05) is 60.7 Å². The van der Waals surface area contributed by atoms with Crippen LogP contribution >= 0.6 is 0 Å². The molecule has 18 heavy (non-hydrogen) atoms. The fourth-order valence-corrected chi connectivity index (χ4v) is 2.16. The molecule has 2 heteroatoms. The first-order valence-electron chi connectivity index (χ1n) is 6.13. The SMILES string of the molecule is O=C(C[C@H]1O[C@@H]1c1ccccc1)c1ccccc1. The molecular formula is C16H14O2. The lowest BCUT2D eigenvalue weighted by Crippen LogP contribution is -2.03. The van der Waals surface area contributed by atoms with Crippen molar-refractivity contribution < 1.29 is 9.53 Å². The van der Waals surface area contributed by atoms with Gasteiger partial charge < -0.3 is 4.74 Å². The molecule has 0 N–H and O–H groups in total. The molecule has 3 rings (SSSR count). The minimum atomic E-state index is 0.0418. The van der Waals surface area contributed by atoms with Gasteiger partial charge in [-0.25, -0.2) is 0 Å². The van der Waals surface area contributed by atoms with E-state index in [4.69, 9.17) is 4.74 Å². The maximum Gasteiger partial charge on any atom is 0.165 e. The number of ether oxygens (including phenoxy) is 1. The van der Waals surface area contributed by atoms with Gasteiger partial charge in [0.25, 0.3) is 0 Å². The van der Waals surface area contributed by atoms with Crippen molar-refractivity contribution >= 4 is 5.78 Å². The van der Waals surface area contributed by atoms with E-state index in [-0.39, 0.29) is 18.0 Å². The zero-order valence-corrected chi connectivity index (χ0v) is 9.95. The van der Waals surface area contributed by atoms with Gasteiger partial charge in [-0.15, -0.1) is 0 Å². The second-order valence-corrected chi connectivity index (χ2v) is 4.50. The summed E-state index contributed by atoms with van der Waals surface area (Å²) in [5.41, 5.74) is 1.92. The minimum Gasteiger partial charge on any atom is -0.364 e. The Morgan fingerprint density at radius 1 is 0.944 bits per heavy atom. The van der Waals surface area contributed by atoms with E-state index in [0.29, 0.717) is 6.42 Å².